The molecule has 0 aliphatic heterocycles. The number of carbonyl (C=O) groups excluding carboxylic acids is 1. The molecule has 0 saturated carbocycles. The lowest BCUT2D eigenvalue weighted by atomic mass is 10.0. The number of rotatable bonds is 9. The second-order valence-electron chi connectivity index (χ2n) is 5.38. The number of hydrogen-bond donors (Lipinski definition) is 0. The van der Waals surface area contributed by atoms with Gasteiger partial charge in [-0.2, -0.15) is 4.89 Å². The topological polar surface area (TPSA) is 35.5 Å². The Morgan fingerprint density at radius 2 is 1.70 bits per heavy atom. The van der Waals surface area contributed by atoms with Gasteiger partial charge in [-0.3, -0.25) is 4.89 Å². The first-order valence-electron chi connectivity index (χ1n) is 7.59. The van der Waals surface area contributed by atoms with Crippen molar-refractivity contribution >= 4 is 5.97 Å². The largest absolute Gasteiger partial charge is 0.373 e. The first-order valence-corrected chi connectivity index (χ1v) is 7.59. The lowest BCUT2D eigenvalue weighted by Crippen LogP contribution is -2.07. The summed E-state index contributed by atoms with van der Waals surface area (Å²) in [5.41, 5.74) is 1.73. The summed E-state index contributed by atoms with van der Waals surface area (Å²) in [6.07, 6.45) is 5.74. The predicted molar refractivity (Wildman–Crippen MR) is 80.7 cm³/mol. The second-order valence-corrected chi connectivity index (χ2v) is 5.38. The zero-order valence-electron chi connectivity index (χ0n) is 12.9. The van der Waals surface area contributed by atoms with E-state index in [0.29, 0.717) is 18.1 Å². The Morgan fingerprint density at radius 1 is 1.05 bits per heavy atom. The van der Waals surface area contributed by atoms with E-state index < -0.39 is 5.97 Å². The molecular weight excluding hydrogens is 252 g/mol. The molecule has 0 aliphatic carbocycles. The van der Waals surface area contributed by atoms with Crippen molar-refractivity contribution in [1.82, 2.24) is 0 Å². The molecule has 0 bridgehead atoms. The summed E-state index contributed by atoms with van der Waals surface area (Å²) < 4.78 is 0. The van der Waals surface area contributed by atoms with Crippen LogP contribution in [0.2, 0.25) is 0 Å². The molecule has 0 N–H and O–H groups in total. The normalized spacial score (nSPS) is 10.8. The number of unbranched alkanes of at least 4 members (excludes halogenated alkanes) is 4. The summed E-state index contributed by atoms with van der Waals surface area (Å²) in [5.74, 6) is 0.0355. The molecule has 0 radical (unpaired) electrons. The van der Waals surface area contributed by atoms with Crippen molar-refractivity contribution in [3.05, 3.63) is 35.4 Å². The summed E-state index contributed by atoms with van der Waals surface area (Å²) in [6, 6.07) is 7.46. The molecule has 20 heavy (non-hydrogen) atoms. The average molecular weight is 278 g/mol. The van der Waals surface area contributed by atoms with E-state index in [1.54, 1.807) is 12.1 Å². The molecular formula is C17H26O3. The fraction of sp³-hybridized carbons (Fsp3) is 0.588. The van der Waals surface area contributed by atoms with Gasteiger partial charge in [0.2, 0.25) is 0 Å². The molecule has 0 spiro atoms. The molecule has 0 aromatic heterocycles. The molecule has 3 nitrogen and oxygen atoms in total. The summed E-state index contributed by atoms with van der Waals surface area (Å²) in [7, 11) is 0. The molecule has 0 heterocycles. The molecule has 1 rings (SSSR count). The molecule has 0 saturated heterocycles. The molecule has 1 aromatic rings. The van der Waals surface area contributed by atoms with Crippen LogP contribution in [0.5, 0.6) is 0 Å². The monoisotopic (exact) mass is 278 g/mol. The number of hydrogen-bond acceptors (Lipinski definition) is 3. The summed E-state index contributed by atoms with van der Waals surface area (Å²) >= 11 is 0. The van der Waals surface area contributed by atoms with E-state index in [4.69, 9.17) is 9.78 Å². The maximum Gasteiger partial charge on any atom is 0.373 e. The van der Waals surface area contributed by atoms with Crippen LogP contribution in [0.4, 0.5) is 0 Å². The molecule has 0 aliphatic rings. The first kappa shape index (κ1) is 16.7. The van der Waals surface area contributed by atoms with Crippen LogP contribution >= 0.6 is 0 Å². The Bertz CT molecular complexity index is 382. The minimum atomic E-state index is -0.422. The van der Waals surface area contributed by atoms with E-state index in [1.165, 1.54) is 24.8 Å². The van der Waals surface area contributed by atoms with E-state index in [1.807, 2.05) is 12.1 Å². The maximum absolute atomic E-state index is 11.7. The van der Waals surface area contributed by atoms with Gasteiger partial charge in [-0.25, -0.2) is 4.79 Å². The van der Waals surface area contributed by atoms with Crippen LogP contribution in [0.15, 0.2) is 24.3 Å². The third-order valence-electron chi connectivity index (χ3n) is 3.28. The highest BCUT2D eigenvalue weighted by atomic mass is 17.2. The molecule has 3 heteroatoms. The van der Waals surface area contributed by atoms with Gasteiger partial charge in [-0.05, 0) is 30.0 Å². The molecule has 0 fully saturated rings. The van der Waals surface area contributed by atoms with Crippen LogP contribution < -0.4 is 0 Å². The molecule has 1 aromatic carbocycles. The Kier molecular flexibility index (Phi) is 7.97. The number of benzene rings is 1. The third-order valence-corrected chi connectivity index (χ3v) is 3.28. The fourth-order valence-electron chi connectivity index (χ4n) is 1.91. The SMILES string of the molecule is CCCCCCCOOC(=O)c1ccc(C(C)C)cc1. The quantitative estimate of drug-likeness (QED) is 0.367. The highest BCUT2D eigenvalue weighted by molar-refractivity contribution is 5.88. The van der Waals surface area contributed by atoms with Crippen LogP contribution in [0, 0.1) is 0 Å². The van der Waals surface area contributed by atoms with Crippen molar-refractivity contribution in [2.75, 3.05) is 6.61 Å². The minimum absolute atomic E-state index is 0.422. The van der Waals surface area contributed by atoms with Gasteiger partial charge in [-0.15, -0.1) is 0 Å². The lowest BCUT2D eigenvalue weighted by Gasteiger charge is -2.06. The lowest BCUT2D eigenvalue weighted by molar-refractivity contribution is -0.241. The van der Waals surface area contributed by atoms with Crippen LogP contribution in [-0.2, 0) is 9.78 Å². The predicted octanol–water partition coefficient (Wildman–Crippen LogP) is 4.87. The molecule has 112 valence electrons. The highest BCUT2D eigenvalue weighted by Gasteiger charge is 2.08. The minimum Gasteiger partial charge on any atom is -0.293 e. The van der Waals surface area contributed by atoms with Crippen molar-refractivity contribution in [1.29, 1.82) is 0 Å². The number of carbonyl (C=O) groups is 1. The fourth-order valence-corrected chi connectivity index (χ4v) is 1.91. The zero-order valence-corrected chi connectivity index (χ0v) is 12.9. The Morgan fingerprint density at radius 3 is 2.30 bits per heavy atom. The summed E-state index contributed by atoms with van der Waals surface area (Å²) in [4.78, 5) is 21.5. The standard InChI is InChI=1S/C17H26O3/c1-4-5-6-7-8-13-19-20-17(18)16-11-9-15(10-12-16)14(2)3/h9-12,14H,4-8,13H2,1-3H3. The average Bonchev–Trinajstić information content (AvgIpc) is 2.46. The van der Waals surface area contributed by atoms with Crippen LogP contribution in [-0.4, -0.2) is 12.6 Å². The van der Waals surface area contributed by atoms with Crippen molar-refractivity contribution in [3.8, 4) is 0 Å². The van der Waals surface area contributed by atoms with Crippen molar-refractivity contribution in [2.45, 2.75) is 58.8 Å². The van der Waals surface area contributed by atoms with Crippen molar-refractivity contribution < 1.29 is 14.6 Å². The Balaban J connectivity index is 2.22. The molecule has 0 atom stereocenters. The molecule has 0 unspecified atom stereocenters. The highest BCUT2D eigenvalue weighted by Crippen LogP contribution is 2.15. The second kappa shape index (κ2) is 9.54. The van der Waals surface area contributed by atoms with E-state index >= 15 is 0 Å². The van der Waals surface area contributed by atoms with E-state index in [-0.39, 0.29) is 0 Å². The van der Waals surface area contributed by atoms with Gasteiger partial charge >= 0.3 is 5.97 Å². The smallest absolute Gasteiger partial charge is 0.293 e. The van der Waals surface area contributed by atoms with Gasteiger partial charge in [-0.1, -0.05) is 58.6 Å². The van der Waals surface area contributed by atoms with Crippen molar-refractivity contribution in [3.63, 3.8) is 0 Å². The summed E-state index contributed by atoms with van der Waals surface area (Å²) in [6.45, 7) is 6.90. The third kappa shape index (κ3) is 6.20. The Labute approximate surface area is 122 Å². The molecule has 0 amide bonds. The van der Waals surface area contributed by atoms with Crippen LogP contribution in [0.1, 0.15) is 74.7 Å². The first-order chi connectivity index (χ1) is 9.65. The van der Waals surface area contributed by atoms with E-state index in [9.17, 15) is 4.79 Å². The maximum atomic E-state index is 11.7. The Hall–Kier alpha value is -1.35. The van der Waals surface area contributed by atoms with Gasteiger partial charge in [0.25, 0.3) is 0 Å². The zero-order chi connectivity index (χ0) is 14.8. The van der Waals surface area contributed by atoms with Crippen LogP contribution in [0.25, 0.3) is 0 Å². The van der Waals surface area contributed by atoms with Gasteiger partial charge in [0.1, 0.15) is 0 Å². The van der Waals surface area contributed by atoms with Gasteiger partial charge in [0.15, 0.2) is 0 Å². The van der Waals surface area contributed by atoms with E-state index in [2.05, 4.69) is 20.8 Å². The van der Waals surface area contributed by atoms with Gasteiger partial charge < -0.3 is 0 Å². The van der Waals surface area contributed by atoms with Gasteiger partial charge in [0, 0.05) is 0 Å². The van der Waals surface area contributed by atoms with Gasteiger partial charge in [0.05, 0.1) is 12.2 Å². The summed E-state index contributed by atoms with van der Waals surface area (Å²) in [5, 5.41) is 0. The van der Waals surface area contributed by atoms with E-state index in [0.717, 1.165) is 12.8 Å². The van der Waals surface area contributed by atoms with Crippen molar-refractivity contribution in [2.24, 2.45) is 0 Å². The van der Waals surface area contributed by atoms with Crippen LogP contribution in [0.3, 0.4) is 0 Å².